The van der Waals surface area contributed by atoms with Gasteiger partial charge in [0.25, 0.3) is 5.91 Å². The van der Waals surface area contributed by atoms with Gasteiger partial charge in [0.15, 0.2) is 0 Å². The van der Waals surface area contributed by atoms with E-state index in [0.717, 1.165) is 12.0 Å². The summed E-state index contributed by atoms with van der Waals surface area (Å²) in [5, 5.41) is 17.5. The summed E-state index contributed by atoms with van der Waals surface area (Å²) in [4.78, 5) is 12.2. The standard InChI is InChI=1S/C15H14N4OS/c1-2-14(11-6-4-3-5-7-11)17-15(20)12(9-16)8-13-10-21-19-18-13/h3-8,10,14H,2H2,1H3,(H,17,20)/b12-8-. The Balaban J connectivity index is 2.14. The number of carbonyl (C=O) groups is 1. The van der Waals surface area contributed by atoms with Gasteiger partial charge >= 0.3 is 0 Å². The number of rotatable bonds is 5. The zero-order valence-electron chi connectivity index (χ0n) is 11.5. The second-order valence-corrected chi connectivity index (χ2v) is 4.95. The number of benzene rings is 1. The first-order valence-corrected chi connectivity index (χ1v) is 7.33. The highest BCUT2D eigenvalue weighted by Crippen LogP contribution is 2.17. The lowest BCUT2D eigenvalue weighted by Crippen LogP contribution is -2.29. The van der Waals surface area contributed by atoms with E-state index in [2.05, 4.69) is 14.9 Å². The number of carbonyl (C=O) groups excluding carboxylic acids is 1. The molecule has 0 aliphatic heterocycles. The van der Waals surface area contributed by atoms with Crippen molar-refractivity contribution in [1.82, 2.24) is 14.9 Å². The topological polar surface area (TPSA) is 78.7 Å². The molecule has 2 aromatic rings. The smallest absolute Gasteiger partial charge is 0.262 e. The molecule has 0 radical (unpaired) electrons. The van der Waals surface area contributed by atoms with Gasteiger partial charge < -0.3 is 5.32 Å². The maximum absolute atomic E-state index is 12.2. The normalized spacial score (nSPS) is 12.5. The molecule has 1 N–H and O–H groups in total. The molecule has 0 saturated heterocycles. The lowest BCUT2D eigenvalue weighted by molar-refractivity contribution is -0.117. The number of nitriles is 1. The van der Waals surface area contributed by atoms with Crippen LogP contribution < -0.4 is 5.32 Å². The molecular weight excluding hydrogens is 284 g/mol. The fourth-order valence-corrected chi connectivity index (χ4v) is 2.29. The Morgan fingerprint density at radius 1 is 1.48 bits per heavy atom. The van der Waals surface area contributed by atoms with Crippen LogP contribution in [0.1, 0.15) is 30.6 Å². The van der Waals surface area contributed by atoms with Crippen molar-refractivity contribution in [3.05, 3.63) is 52.5 Å². The summed E-state index contributed by atoms with van der Waals surface area (Å²) in [6, 6.07) is 11.5. The summed E-state index contributed by atoms with van der Waals surface area (Å²) in [5.74, 6) is -0.402. The molecule has 21 heavy (non-hydrogen) atoms. The lowest BCUT2D eigenvalue weighted by Gasteiger charge is -2.17. The van der Waals surface area contributed by atoms with Crippen LogP contribution in [-0.2, 0) is 4.79 Å². The largest absolute Gasteiger partial charge is 0.345 e. The first kappa shape index (κ1) is 14.9. The van der Waals surface area contributed by atoms with Gasteiger partial charge in [-0.1, -0.05) is 41.7 Å². The van der Waals surface area contributed by atoms with Gasteiger partial charge in [0, 0.05) is 5.38 Å². The van der Waals surface area contributed by atoms with E-state index in [9.17, 15) is 4.79 Å². The summed E-state index contributed by atoms with van der Waals surface area (Å²) >= 11 is 1.17. The van der Waals surface area contributed by atoms with E-state index in [0.29, 0.717) is 5.69 Å². The Morgan fingerprint density at radius 3 is 2.81 bits per heavy atom. The minimum absolute atomic E-state index is 0.0251. The van der Waals surface area contributed by atoms with Crippen LogP contribution in [0.15, 0.2) is 41.3 Å². The third kappa shape index (κ3) is 3.97. The Labute approximate surface area is 127 Å². The van der Waals surface area contributed by atoms with Crippen LogP contribution in [0.5, 0.6) is 0 Å². The van der Waals surface area contributed by atoms with Crippen molar-refractivity contribution in [3.8, 4) is 6.07 Å². The Bertz CT molecular complexity index is 659. The molecule has 0 spiro atoms. The monoisotopic (exact) mass is 298 g/mol. The minimum atomic E-state index is -0.402. The van der Waals surface area contributed by atoms with Crippen LogP contribution in [0.2, 0.25) is 0 Å². The van der Waals surface area contributed by atoms with Gasteiger partial charge in [0.1, 0.15) is 11.6 Å². The number of nitrogens with zero attached hydrogens (tertiary/aromatic N) is 3. The Hall–Kier alpha value is -2.52. The SMILES string of the molecule is CCC(NC(=O)/C(C#N)=C\c1csnn1)c1ccccc1. The summed E-state index contributed by atoms with van der Waals surface area (Å²) in [6.45, 7) is 1.98. The number of aromatic nitrogens is 2. The van der Waals surface area contributed by atoms with Crippen molar-refractivity contribution < 1.29 is 4.79 Å². The first-order valence-electron chi connectivity index (χ1n) is 6.49. The molecular formula is C15H14N4OS. The van der Waals surface area contributed by atoms with Crippen LogP contribution in [0.3, 0.4) is 0 Å². The van der Waals surface area contributed by atoms with E-state index in [1.54, 1.807) is 5.38 Å². The summed E-state index contributed by atoms with van der Waals surface area (Å²) in [7, 11) is 0. The average molecular weight is 298 g/mol. The molecule has 106 valence electrons. The minimum Gasteiger partial charge on any atom is -0.345 e. The van der Waals surface area contributed by atoms with E-state index in [1.807, 2.05) is 43.3 Å². The molecule has 0 fully saturated rings. The fraction of sp³-hybridized carbons (Fsp3) is 0.200. The first-order chi connectivity index (χ1) is 10.2. The van der Waals surface area contributed by atoms with Gasteiger partial charge in [-0.25, -0.2) is 0 Å². The predicted molar refractivity (Wildman–Crippen MR) is 81.1 cm³/mol. The van der Waals surface area contributed by atoms with Crippen LogP contribution in [0, 0.1) is 11.3 Å². The molecule has 1 aromatic heterocycles. The highest BCUT2D eigenvalue weighted by molar-refractivity contribution is 7.03. The zero-order valence-corrected chi connectivity index (χ0v) is 12.3. The lowest BCUT2D eigenvalue weighted by atomic mass is 10.0. The number of amides is 1. The fourth-order valence-electron chi connectivity index (χ4n) is 1.87. The summed E-state index contributed by atoms with van der Waals surface area (Å²) in [5.41, 5.74) is 1.55. The molecule has 1 heterocycles. The van der Waals surface area contributed by atoms with Crippen LogP contribution in [0.25, 0.3) is 6.08 Å². The Kier molecular flexibility index (Phi) is 5.18. The maximum atomic E-state index is 12.2. The van der Waals surface area contributed by atoms with Crippen molar-refractivity contribution >= 4 is 23.5 Å². The van der Waals surface area contributed by atoms with Crippen molar-refractivity contribution in [2.45, 2.75) is 19.4 Å². The van der Waals surface area contributed by atoms with E-state index in [4.69, 9.17) is 5.26 Å². The number of nitrogens with one attached hydrogen (secondary N) is 1. The second kappa shape index (κ2) is 7.31. The molecule has 0 aliphatic rings. The van der Waals surface area contributed by atoms with Gasteiger partial charge in [0.05, 0.1) is 11.7 Å². The quantitative estimate of drug-likeness (QED) is 0.680. The Morgan fingerprint density at radius 2 is 2.24 bits per heavy atom. The maximum Gasteiger partial charge on any atom is 0.262 e. The van der Waals surface area contributed by atoms with Crippen molar-refractivity contribution in [1.29, 1.82) is 5.26 Å². The van der Waals surface area contributed by atoms with Crippen molar-refractivity contribution in [2.75, 3.05) is 0 Å². The van der Waals surface area contributed by atoms with Crippen LogP contribution in [-0.4, -0.2) is 15.5 Å². The predicted octanol–water partition coefficient (Wildman–Crippen LogP) is 2.71. The molecule has 2 rings (SSSR count). The van der Waals surface area contributed by atoms with Crippen molar-refractivity contribution in [2.24, 2.45) is 0 Å². The van der Waals surface area contributed by atoms with Gasteiger partial charge in [-0.3, -0.25) is 4.79 Å². The van der Waals surface area contributed by atoms with Crippen LogP contribution in [0.4, 0.5) is 0 Å². The second-order valence-electron chi connectivity index (χ2n) is 4.34. The van der Waals surface area contributed by atoms with E-state index in [1.165, 1.54) is 17.6 Å². The number of hydrogen-bond acceptors (Lipinski definition) is 5. The van der Waals surface area contributed by atoms with Gasteiger partial charge in [0.2, 0.25) is 0 Å². The molecule has 6 heteroatoms. The van der Waals surface area contributed by atoms with Gasteiger partial charge in [-0.2, -0.15) is 5.26 Å². The summed E-state index contributed by atoms with van der Waals surface area (Å²) < 4.78 is 3.70. The highest BCUT2D eigenvalue weighted by atomic mass is 32.1. The van der Waals surface area contributed by atoms with E-state index < -0.39 is 5.91 Å². The summed E-state index contributed by atoms with van der Waals surface area (Å²) in [6.07, 6.45) is 2.18. The average Bonchev–Trinajstić information content (AvgIpc) is 3.04. The van der Waals surface area contributed by atoms with Crippen LogP contribution >= 0.6 is 11.5 Å². The van der Waals surface area contributed by atoms with E-state index in [-0.39, 0.29) is 11.6 Å². The zero-order chi connectivity index (χ0) is 15.1. The van der Waals surface area contributed by atoms with Gasteiger partial charge in [-0.15, -0.1) is 5.10 Å². The molecule has 1 unspecified atom stereocenters. The van der Waals surface area contributed by atoms with Gasteiger partial charge in [-0.05, 0) is 29.6 Å². The molecule has 5 nitrogen and oxygen atoms in total. The van der Waals surface area contributed by atoms with Crippen molar-refractivity contribution in [3.63, 3.8) is 0 Å². The molecule has 1 aromatic carbocycles. The van der Waals surface area contributed by atoms with E-state index >= 15 is 0 Å². The molecule has 1 atom stereocenters. The number of hydrogen-bond donors (Lipinski definition) is 1. The highest BCUT2D eigenvalue weighted by Gasteiger charge is 2.16. The molecule has 1 amide bonds. The molecule has 0 saturated carbocycles. The molecule has 0 bridgehead atoms. The third-order valence-electron chi connectivity index (χ3n) is 2.95. The molecule has 0 aliphatic carbocycles. The third-order valence-corrected chi connectivity index (χ3v) is 3.47.